The number of carbonyl (C=O) groups excluding carboxylic acids is 4. The number of aromatic amines is 1. The number of hydrogen-bond donors (Lipinski definition) is 10. The minimum Gasteiger partial charge on any atom is -0.481 e. The highest BCUT2D eigenvalue weighted by atomic mass is 16.4. The quantitative estimate of drug-likeness (QED) is 0.0467. The van der Waals surface area contributed by atoms with Crippen molar-refractivity contribution in [2.75, 3.05) is 6.54 Å². The molecule has 1 aromatic rings. The molecule has 4 unspecified atom stereocenters. The van der Waals surface area contributed by atoms with Crippen LogP contribution in [0.15, 0.2) is 17.5 Å². The van der Waals surface area contributed by atoms with Crippen molar-refractivity contribution in [3.8, 4) is 0 Å². The Hall–Kier alpha value is -4.74. The van der Waals surface area contributed by atoms with Crippen molar-refractivity contribution in [1.29, 1.82) is 0 Å². The summed E-state index contributed by atoms with van der Waals surface area (Å²) in [7, 11) is 0. The molecule has 0 saturated heterocycles. The van der Waals surface area contributed by atoms with Crippen LogP contribution >= 0.6 is 0 Å². The molecule has 216 valence electrons. The zero-order valence-electron chi connectivity index (χ0n) is 21.0. The summed E-state index contributed by atoms with van der Waals surface area (Å²) < 4.78 is 0. The summed E-state index contributed by atoms with van der Waals surface area (Å²) in [6.45, 7) is 0.0719. The number of nitrogens with zero attached hydrogens (tertiary/aromatic N) is 2. The molecule has 0 aliphatic carbocycles. The summed E-state index contributed by atoms with van der Waals surface area (Å²) >= 11 is 0. The number of carboxylic acids is 2. The molecule has 4 atom stereocenters. The van der Waals surface area contributed by atoms with Gasteiger partial charge in [-0.25, -0.2) is 9.78 Å². The lowest BCUT2D eigenvalue weighted by atomic mass is 10.1. The fraction of sp³-hybridized carbons (Fsp3) is 0.524. The smallest absolute Gasteiger partial charge is 0.326 e. The molecule has 0 aliphatic heterocycles. The number of carboxylic acid groups (broad SMARTS) is 2. The van der Waals surface area contributed by atoms with Gasteiger partial charge in [0.05, 0.1) is 18.8 Å². The van der Waals surface area contributed by atoms with E-state index in [-0.39, 0.29) is 44.6 Å². The molecule has 0 fully saturated rings. The summed E-state index contributed by atoms with van der Waals surface area (Å²) in [4.78, 5) is 82.5. The molecule has 1 heterocycles. The molecule has 0 spiro atoms. The number of hydrogen-bond acceptors (Lipinski definition) is 9. The first-order chi connectivity index (χ1) is 18.3. The molecule has 0 aliphatic rings. The van der Waals surface area contributed by atoms with Gasteiger partial charge in [-0.15, -0.1) is 0 Å². The number of amides is 4. The molecule has 1 rings (SSSR count). The second-order valence-electron chi connectivity index (χ2n) is 8.46. The van der Waals surface area contributed by atoms with E-state index in [2.05, 4.69) is 30.9 Å². The van der Waals surface area contributed by atoms with E-state index in [0.29, 0.717) is 5.69 Å². The largest absolute Gasteiger partial charge is 0.481 e. The Balaban J connectivity index is 3.10. The minimum atomic E-state index is -1.77. The lowest BCUT2D eigenvalue weighted by Crippen LogP contribution is -2.57. The third-order valence-corrected chi connectivity index (χ3v) is 5.22. The Labute approximate surface area is 222 Å². The number of primary amides is 1. The molecule has 1 aromatic heterocycles. The van der Waals surface area contributed by atoms with E-state index >= 15 is 0 Å². The van der Waals surface area contributed by atoms with E-state index in [1.807, 2.05) is 0 Å². The Bertz CT molecular complexity index is 1040. The molecular weight excluding hydrogens is 520 g/mol. The van der Waals surface area contributed by atoms with E-state index in [9.17, 15) is 33.9 Å². The zero-order valence-corrected chi connectivity index (χ0v) is 21.0. The van der Waals surface area contributed by atoms with Crippen LogP contribution in [0.3, 0.4) is 0 Å². The van der Waals surface area contributed by atoms with Gasteiger partial charge < -0.3 is 54.1 Å². The number of rotatable bonds is 18. The summed E-state index contributed by atoms with van der Waals surface area (Å²) in [5.74, 6) is -6.52. The predicted octanol–water partition coefficient (Wildman–Crippen LogP) is -4.39. The number of H-pyrrole nitrogens is 1. The second-order valence-corrected chi connectivity index (χ2v) is 8.46. The van der Waals surface area contributed by atoms with E-state index in [1.54, 1.807) is 0 Å². The highest BCUT2D eigenvalue weighted by Crippen LogP contribution is 2.06. The van der Waals surface area contributed by atoms with Gasteiger partial charge in [-0.1, -0.05) is 0 Å². The van der Waals surface area contributed by atoms with Crippen molar-refractivity contribution in [3.63, 3.8) is 0 Å². The van der Waals surface area contributed by atoms with Crippen molar-refractivity contribution >= 4 is 41.5 Å². The predicted molar refractivity (Wildman–Crippen MR) is 134 cm³/mol. The Morgan fingerprint density at radius 2 is 1.54 bits per heavy atom. The van der Waals surface area contributed by atoms with Crippen LogP contribution < -0.4 is 38.9 Å². The van der Waals surface area contributed by atoms with E-state index in [1.165, 1.54) is 12.5 Å². The molecule has 39 heavy (non-hydrogen) atoms. The van der Waals surface area contributed by atoms with Crippen molar-refractivity contribution < 1.29 is 39.0 Å². The van der Waals surface area contributed by atoms with Gasteiger partial charge in [0.2, 0.25) is 23.6 Å². The Kier molecular flexibility index (Phi) is 13.4. The van der Waals surface area contributed by atoms with Gasteiger partial charge in [-0.2, -0.15) is 0 Å². The number of carbonyl (C=O) groups is 6. The number of aliphatic carboxylic acids is 2. The van der Waals surface area contributed by atoms with Crippen LogP contribution in [0, 0.1) is 0 Å². The molecule has 14 N–H and O–H groups in total. The van der Waals surface area contributed by atoms with Gasteiger partial charge in [0.25, 0.3) is 0 Å². The molecule has 0 bridgehead atoms. The van der Waals surface area contributed by atoms with E-state index < -0.39 is 66.2 Å². The van der Waals surface area contributed by atoms with Crippen molar-refractivity contribution in [2.24, 2.45) is 27.9 Å². The zero-order chi connectivity index (χ0) is 29.5. The molecule has 18 heteroatoms. The molecule has 18 nitrogen and oxygen atoms in total. The van der Waals surface area contributed by atoms with Gasteiger partial charge in [-0.05, 0) is 19.3 Å². The van der Waals surface area contributed by atoms with Crippen molar-refractivity contribution in [3.05, 3.63) is 18.2 Å². The van der Waals surface area contributed by atoms with Gasteiger partial charge in [0.15, 0.2) is 5.96 Å². The second kappa shape index (κ2) is 16.2. The van der Waals surface area contributed by atoms with Crippen LogP contribution in [-0.4, -0.2) is 92.4 Å². The number of imidazole rings is 1. The van der Waals surface area contributed by atoms with Crippen LogP contribution in [0.5, 0.6) is 0 Å². The van der Waals surface area contributed by atoms with Crippen LogP contribution in [-0.2, 0) is 35.2 Å². The maximum absolute atomic E-state index is 13.2. The molecule has 0 radical (unpaired) electrons. The monoisotopic (exact) mass is 554 g/mol. The van der Waals surface area contributed by atoms with Crippen LogP contribution in [0.2, 0.25) is 0 Å². The standard InChI is InChI=1S/C21H34N10O8/c22-11(3-4-15(23)32)17(35)30-13(6-10-8-26-9-28-10)19(37)29-12(2-1-5-27-21(24)25)18(36)31-14(20(38)39)7-16(33)34/h8-9,11-14H,1-7,22H2,(H2,23,32)(H,26,28)(H,29,37)(H,30,35)(H,31,36)(H,33,34)(H,38,39)(H4,24,25,27). The summed E-state index contributed by atoms with van der Waals surface area (Å²) in [5, 5.41) is 25.2. The average Bonchev–Trinajstić information content (AvgIpc) is 3.35. The van der Waals surface area contributed by atoms with Gasteiger partial charge in [0, 0.05) is 31.3 Å². The third-order valence-electron chi connectivity index (χ3n) is 5.22. The van der Waals surface area contributed by atoms with Crippen LogP contribution in [0.25, 0.3) is 0 Å². The fourth-order valence-electron chi connectivity index (χ4n) is 3.22. The van der Waals surface area contributed by atoms with Crippen molar-refractivity contribution in [1.82, 2.24) is 25.9 Å². The first kappa shape index (κ1) is 32.3. The summed E-state index contributed by atoms with van der Waals surface area (Å²) in [5.41, 5.74) is 21.9. The summed E-state index contributed by atoms with van der Waals surface area (Å²) in [6, 6.07) is -5.57. The topological polar surface area (TPSA) is 324 Å². The van der Waals surface area contributed by atoms with Gasteiger partial charge >= 0.3 is 11.9 Å². The fourth-order valence-corrected chi connectivity index (χ4v) is 3.22. The normalized spacial score (nSPS) is 13.7. The molecule has 4 amide bonds. The molecule has 0 aromatic carbocycles. The number of aliphatic imine (C=N–C) groups is 1. The first-order valence-corrected chi connectivity index (χ1v) is 11.7. The molecule has 0 saturated carbocycles. The van der Waals surface area contributed by atoms with Gasteiger partial charge in [-0.3, -0.25) is 29.0 Å². The van der Waals surface area contributed by atoms with Gasteiger partial charge in [0.1, 0.15) is 18.1 Å². The van der Waals surface area contributed by atoms with Crippen molar-refractivity contribution in [2.45, 2.75) is 62.7 Å². The first-order valence-electron chi connectivity index (χ1n) is 11.7. The number of guanidine groups is 1. The lowest BCUT2D eigenvalue weighted by molar-refractivity contribution is -0.147. The number of nitrogens with two attached hydrogens (primary N) is 4. The maximum Gasteiger partial charge on any atom is 0.326 e. The average molecular weight is 555 g/mol. The number of nitrogens with one attached hydrogen (secondary N) is 4. The maximum atomic E-state index is 13.2. The van der Waals surface area contributed by atoms with Crippen LogP contribution in [0.1, 0.15) is 37.8 Å². The minimum absolute atomic E-state index is 0.0719. The summed E-state index contributed by atoms with van der Waals surface area (Å²) in [6.07, 6.45) is 1.61. The number of aromatic nitrogens is 2. The highest BCUT2D eigenvalue weighted by Gasteiger charge is 2.31. The lowest BCUT2D eigenvalue weighted by Gasteiger charge is -2.25. The highest BCUT2D eigenvalue weighted by molar-refractivity contribution is 5.94. The van der Waals surface area contributed by atoms with E-state index in [0.717, 1.165) is 0 Å². The van der Waals surface area contributed by atoms with E-state index in [4.69, 9.17) is 28.0 Å². The van der Waals surface area contributed by atoms with Crippen LogP contribution in [0.4, 0.5) is 0 Å². The Morgan fingerprint density at radius 3 is 2.08 bits per heavy atom. The Morgan fingerprint density at radius 1 is 0.923 bits per heavy atom. The third kappa shape index (κ3) is 12.9. The SMILES string of the molecule is NC(=O)CCC(N)C(=O)NC(Cc1cnc[nH]1)C(=O)NC(CCCN=C(N)N)C(=O)NC(CC(=O)O)C(=O)O. The molecular formula is C21H34N10O8.